The molecular formula is C21H24ClN3O3. The molecule has 0 N–H and O–H groups in total. The molecule has 0 radical (unpaired) electrons. The first-order valence-electron chi connectivity index (χ1n) is 9.69. The van der Waals surface area contributed by atoms with Crippen LogP contribution in [-0.2, 0) is 4.74 Å². The number of carbonyl (C=O) groups excluding carboxylic acids is 1. The summed E-state index contributed by atoms with van der Waals surface area (Å²) >= 11 is 5.92. The number of hydrogen-bond donors (Lipinski definition) is 0. The molecule has 1 aromatic carbocycles. The zero-order chi connectivity index (χ0) is 19.3. The number of halogens is 1. The molecule has 4 rings (SSSR count). The molecule has 148 valence electrons. The Bertz CT molecular complexity index is 801. The van der Waals surface area contributed by atoms with Gasteiger partial charge in [0, 0.05) is 50.2 Å². The number of rotatable bonds is 4. The van der Waals surface area contributed by atoms with Crippen LogP contribution in [-0.4, -0.2) is 61.3 Å². The summed E-state index contributed by atoms with van der Waals surface area (Å²) in [5.74, 6) is 0.881. The minimum absolute atomic E-state index is 0.0637. The van der Waals surface area contributed by atoms with Crippen LogP contribution in [0.25, 0.3) is 0 Å². The van der Waals surface area contributed by atoms with E-state index in [0.717, 1.165) is 37.4 Å². The summed E-state index contributed by atoms with van der Waals surface area (Å²) in [6, 6.07) is 9.23. The molecule has 0 unspecified atom stereocenters. The van der Waals surface area contributed by atoms with Gasteiger partial charge in [-0.2, -0.15) is 0 Å². The molecule has 2 aliphatic rings. The predicted octanol–water partition coefficient (Wildman–Crippen LogP) is 3.26. The van der Waals surface area contributed by atoms with Gasteiger partial charge in [-0.05, 0) is 30.3 Å². The summed E-state index contributed by atoms with van der Waals surface area (Å²) in [6.45, 7) is 4.28. The molecule has 0 saturated carbocycles. The van der Waals surface area contributed by atoms with Crippen molar-refractivity contribution in [1.82, 2.24) is 9.88 Å². The number of morpholine rings is 1. The van der Waals surface area contributed by atoms with Gasteiger partial charge >= 0.3 is 0 Å². The van der Waals surface area contributed by atoms with Crippen LogP contribution in [0, 0.1) is 0 Å². The lowest BCUT2D eigenvalue weighted by Gasteiger charge is -2.34. The monoisotopic (exact) mass is 401 g/mol. The smallest absolute Gasteiger partial charge is 0.256 e. The third-order valence-electron chi connectivity index (χ3n) is 5.23. The van der Waals surface area contributed by atoms with E-state index in [2.05, 4.69) is 9.88 Å². The largest absolute Gasteiger partial charge is 0.490 e. The number of anilines is 1. The molecule has 2 aromatic rings. The van der Waals surface area contributed by atoms with E-state index >= 15 is 0 Å². The van der Waals surface area contributed by atoms with Gasteiger partial charge in [-0.3, -0.25) is 9.78 Å². The van der Waals surface area contributed by atoms with Gasteiger partial charge in [-0.15, -0.1) is 0 Å². The molecule has 7 heteroatoms. The molecule has 1 aromatic heterocycles. The first-order valence-corrected chi connectivity index (χ1v) is 10.1. The Hall–Kier alpha value is -2.31. The van der Waals surface area contributed by atoms with Crippen molar-refractivity contribution in [3.63, 3.8) is 0 Å². The minimum atomic E-state index is 0.0637. The van der Waals surface area contributed by atoms with Gasteiger partial charge in [-0.1, -0.05) is 11.6 Å². The molecule has 0 bridgehead atoms. The second-order valence-electron chi connectivity index (χ2n) is 7.06. The molecule has 28 heavy (non-hydrogen) atoms. The molecule has 0 spiro atoms. The maximum Gasteiger partial charge on any atom is 0.256 e. The number of benzene rings is 1. The van der Waals surface area contributed by atoms with Crippen LogP contribution in [0.4, 0.5) is 5.69 Å². The summed E-state index contributed by atoms with van der Waals surface area (Å²) < 4.78 is 11.5. The lowest BCUT2D eigenvalue weighted by molar-refractivity contribution is 0.0595. The number of nitrogens with zero attached hydrogens (tertiary/aromatic N) is 3. The number of pyridine rings is 1. The van der Waals surface area contributed by atoms with Gasteiger partial charge in [-0.25, -0.2) is 0 Å². The average molecular weight is 402 g/mol. The maximum absolute atomic E-state index is 13.2. The molecule has 2 fully saturated rings. The standard InChI is InChI=1S/C21H24ClN3O3/c22-16-1-3-17(4-2-16)28-18-6-9-25(10-7-18)21(26)19-5-8-23-15-20(19)24-11-13-27-14-12-24/h1-5,8,15,18H,6-7,9-14H2. The highest BCUT2D eigenvalue weighted by molar-refractivity contribution is 6.30. The maximum atomic E-state index is 13.2. The fourth-order valence-corrected chi connectivity index (χ4v) is 3.80. The molecule has 2 aliphatic heterocycles. The molecule has 0 atom stereocenters. The molecule has 2 saturated heterocycles. The third kappa shape index (κ3) is 4.39. The van der Waals surface area contributed by atoms with Gasteiger partial charge < -0.3 is 19.3 Å². The van der Waals surface area contributed by atoms with E-state index in [4.69, 9.17) is 21.1 Å². The number of aromatic nitrogens is 1. The summed E-state index contributed by atoms with van der Waals surface area (Å²) in [7, 11) is 0. The highest BCUT2D eigenvalue weighted by Crippen LogP contribution is 2.25. The van der Waals surface area contributed by atoms with Crippen molar-refractivity contribution in [3.05, 3.63) is 53.3 Å². The Kier molecular flexibility index (Phi) is 5.98. The molecule has 1 amide bonds. The van der Waals surface area contributed by atoms with Crippen LogP contribution >= 0.6 is 11.6 Å². The number of likely N-dealkylation sites (tertiary alicyclic amines) is 1. The summed E-state index contributed by atoms with van der Waals surface area (Å²) in [6.07, 6.45) is 5.21. The van der Waals surface area contributed by atoms with Gasteiger partial charge in [0.2, 0.25) is 0 Å². The van der Waals surface area contributed by atoms with Gasteiger partial charge in [0.05, 0.1) is 30.7 Å². The predicted molar refractivity (Wildman–Crippen MR) is 108 cm³/mol. The van der Waals surface area contributed by atoms with Crippen molar-refractivity contribution < 1.29 is 14.3 Å². The van der Waals surface area contributed by atoms with Crippen LogP contribution < -0.4 is 9.64 Å². The van der Waals surface area contributed by atoms with Crippen LogP contribution in [0.1, 0.15) is 23.2 Å². The fourth-order valence-electron chi connectivity index (χ4n) is 3.68. The van der Waals surface area contributed by atoms with Crippen LogP contribution in [0.2, 0.25) is 5.02 Å². The van der Waals surface area contributed by atoms with Gasteiger partial charge in [0.25, 0.3) is 5.91 Å². The van der Waals surface area contributed by atoms with Crippen molar-refractivity contribution in [2.45, 2.75) is 18.9 Å². The molecular weight excluding hydrogens is 378 g/mol. The lowest BCUT2D eigenvalue weighted by atomic mass is 10.1. The van der Waals surface area contributed by atoms with E-state index in [-0.39, 0.29) is 12.0 Å². The zero-order valence-electron chi connectivity index (χ0n) is 15.7. The summed E-state index contributed by atoms with van der Waals surface area (Å²) in [4.78, 5) is 21.5. The zero-order valence-corrected chi connectivity index (χ0v) is 16.5. The van der Waals surface area contributed by atoms with E-state index in [9.17, 15) is 4.79 Å². The van der Waals surface area contributed by atoms with Gasteiger partial charge in [0.15, 0.2) is 0 Å². The Morgan fingerprint density at radius 2 is 1.79 bits per heavy atom. The van der Waals surface area contributed by atoms with Crippen molar-refractivity contribution >= 4 is 23.2 Å². The number of amides is 1. The topological polar surface area (TPSA) is 54.9 Å². The Morgan fingerprint density at radius 1 is 1.07 bits per heavy atom. The minimum Gasteiger partial charge on any atom is -0.490 e. The Balaban J connectivity index is 1.38. The van der Waals surface area contributed by atoms with E-state index < -0.39 is 0 Å². The number of carbonyl (C=O) groups is 1. The summed E-state index contributed by atoms with van der Waals surface area (Å²) in [5, 5.41) is 0.696. The highest BCUT2D eigenvalue weighted by atomic mass is 35.5. The van der Waals surface area contributed by atoms with E-state index in [1.165, 1.54) is 0 Å². The van der Waals surface area contributed by atoms with Crippen molar-refractivity contribution in [2.75, 3.05) is 44.3 Å². The van der Waals surface area contributed by atoms with Crippen LogP contribution in [0.15, 0.2) is 42.7 Å². The first kappa shape index (κ1) is 19.0. The Morgan fingerprint density at radius 3 is 2.50 bits per heavy atom. The van der Waals surface area contributed by atoms with E-state index in [0.29, 0.717) is 36.9 Å². The average Bonchev–Trinajstić information content (AvgIpc) is 2.76. The van der Waals surface area contributed by atoms with Crippen LogP contribution in [0.5, 0.6) is 5.75 Å². The molecule has 6 nitrogen and oxygen atoms in total. The normalized spacial score (nSPS) is 18.2. The lowest BCUT2D eigenvalue weighted by Crippen LogP contribution is -2.43. The number of hydrogen-bond acceptors (Lipinski definition) is 5. The van der Waals surface area contributed by atoms with Crippen LogP contribution in [0.3, 0.4) is 0 Å². The number of piperidine rings is 1. The van der Waals surface area contributed by atoms with Crippen molar-refractivity contribution in [1.29, 1.82) is 0 Å². The second-order valence-corrected chi connectivity index (χ2v) is 7.49. The highest BCUT2D eigenvalue weighted by Gasteiger charge is 2.27. The SMILES string of the molecule is O=C(c1ccncc1N1CCOCC1)N1CCC(Oc2ccc(Cl)cc2)CC1. The van der Waals surface area contributed by atoms with Gasteiger partial charge in [0.1, 0.15) is 11.9 Å². The first-order chi connectivity index (χ1) is 13.7. The second kappa shape index (κ2) is 8.80. The summed E-state index contributed by atoms with van der Waals surface area (Å²) in [5.41, 5.74) is 1.62. The van der Waals surface area contributed by atoms with E-state index in [1.807, 2.05) is 35.2 Å². The Labute approximate surface area is 170 Å². The number of ether oxygens (including phenoxy) is 2. The fraction of sp³-hybridized carbons (Fsp3) is 0.429. The van der Waals surface area contributed by atoms with Crippen molar-refractivity contribution in [3.8, 4) is 5.75 Å². The van der Waals surface area contributed by atoms with E-state index in [1.54, 1.807) is 12.4 Å². The molecule has 0 aliphatic carbocycles. The quantitative estimate of drug-likeness (QED) is 0.787. The third-order valence-corrected chi connectivity index (χ3v) is 5.48. The van der Waals surface area contributed by atoms with Crippen molar-refractivity contribution in [2.24, 2.45) is 0 Å². The molecule has 3 heterocycles.